The first-order chi connectivity index (χ1) is 12.5. The van der Waals surface area contributed by atoms with E-state index in [0.717, 1.165) is 5.56 Å². The van der Waals surface area contributed by atoms with Crippen molar-refractivity contribution in [2.45, 2.75) is 12.5 Å². The molecule has 0 saturated carbocycles. The third-order valence-electron chi connectivity index (χ3n) is 4.09. The lowest BCUT2D eigenvalue weighted by molar-refractivity contribution is -0.144. The van der Waals surface area contributed by atoms with Gasteiger partial charge in [-0.1, -0.05) is 30.3 Å². The maximum atomic E-state index is 12.4. The number of aromatic amines is 1. The summed E-state index contributed by atoms with van der Waals surface area (Å²) < 4.78 is 11.2. The molecular weight excluding hydrogens is 338 g/mol. The number of methoxy groups -OCH3 is 2. The molecule has 1 atom stereocenters. The van der Waals surface area contributed by atoms with Crippen LogP contribution in [0.5, 0.6) is 0 Å². The van der Waals surface area contributed by atoms with Crippen LogP contribution in [-0.4, -0.2) is 40.9 Å². The lowest BCUT2D eigenvalue weighted by Gasteiger charge is -2.20. The number of ether oxygens (including phenoxy) is 2. The Balaban J connectivity index is 2.14. The maximum Gasteiger partial charge on any atom is 0.341 e. The molecule has 134 valence electrons. The highest BCUT2D eigenvalue weighted by molar-refractivity contribution is 5.96. The molecule has 0 unspecified atom stereocenters. The van der Waals surface area contributed by atoms with Gasteiger partial charge in [0, 0.05) is 18.8 Å². The normalized spacial score (nSPS) is 11.9. The molecule has 3 rings (SSSR count). The van der Waals surface area contributed by atoms with Crippen LogP contribution in [0.1, 0.15) is 22.0 Å². The minimum Gasteiger partial charge on any atom is -0.467 e. The van der Waals surface area contributed by atoms with Crippen LogP contribution in [0.4, 0.5) is 0 Å². The van der Waals surface area contributed by atoms with Gasteiger partial charge in [-0.05, 0) is 5.56 Å². The van der Waals surface area contributed by atoms with Crippen molar-refractivity contribution in [1.29, 1.82) is 0 Å². The molecule has 1 aromatic rings. The minimum atomic E-state index is -0.760. The monoisotopic (exact) mass is 355 g/mol. The predicted octanol–water partition coefficient (Wildman–Crippen LogP) is 1.42. The van der Waals surface area contributed by atoms with Gasteiger partial charge in [-0.25, -0.2) is 14.7 Å². The van der Waals surface area contributed by atoms with Gasteiger partial charge in [0.25, 0.3) is 5.56 Å². The number of H-pyrrole nitrogens is 1. The zero-order valence-corrected chi connectivity index (χ0v) is 14.3. The van der Waals surface area contributed by atoms with Crippen molar-refractivity contribution in [3.63, 3.8) is 0 Å². The second-order valence-electron chi connectivity index (χ2n) is 5.65. The van der Waals surface area contributed by atoms with E-state index in [9.17, 15) is 14.4 Å². The molecule has 2 aliphatic heterocycles. The number of carbonyl (C=O) groups excluding carboxylic acids is 2. The first kappa shape index (κ1) is 17.4. The first-order valence-electron chi connectivity index (χ1n) is 7.85. The van der Waals surface area contributed by atoms with Gasteiger partial charge < -0.3 is 14.0 Å². The van der Waals surface area contributed by atoms with Crippen molar-refractivity contribution in [2.24, 2.45) is 0 Å². The van der Waals surface area contributed by atoms with Crippen LogP contribution in [0.2, 0.25) is 0 Å². The number of esters is 2. The Hall–Kier alpha value is -3.42. The molecule has 8 heteroatoms. The van der Waals surface area contributed by atoms with Crippen molar-refractivity contribution in [3.05, 3.63) is 64.2 Å². The summed E-state index contributed by atoms with van der Waals surface area (Å²) in [7, 11) is 2.52. The summed E-state index contributed by atoms with van der Waals surface area (Å²) in [5.41, 5.74) is 0.925. The Morgan fingerprint density at radius 3 is 2.54 bits per heavy atom. The average molecular weight is 355 g/mol. The fourth-order valence-corrected chi connectivity index (χ4v) is 2.78. The van der Waals surface area contributed by atoms with Gasteiger partial charge in [-0.3, -0.25) is 4.79 Å². The molecule has 0 amide bonds. The Morgan fingerprint density at radius 1 is 1.15 bits per heavy atom. The molecule has 26 heavy (non-hydrogen) atoms. The van der Waals surface area contributed by atoms with E-state index in [1.165, 1.54) is 31.2 Å². The highest BCUT2D eigenvalue weighted by Crippen LogP contribution is 2.25. The van der Waals surface area contributed by atoms with Gasteiger partial charge in [0.2, 0.25) is 0 Å². The molecule has 0 fully saturated rings. The molecular formula is C18H17N3O5. The number of nitrogens with zero attached hydrogens (tertiary/aromatic N) is 2. The summed E-state index contributed by atoms with van der Waals surface area (Å²) in [4.78, 5) is 36.5. The molecule has 0 saturated heterocycles. The van der Waals surface area contributed by atoms with Crippen LogP contribution < -0.4 is 5.56 Å². The lowest BCUT2D eigenvalue weighted by Crippen LogP contribution is -2.25. The number of hydrogen-bond acceptors (Lipinski definition) is 6. The summed E-state index contributed by atoms with van der Waals surface area (Å²) in [6.45, 7) is 0. The van der Waals surface area contributed by atoms with Crippen LogP contribution >= 0.6 is 0 Å². The molecule has 0 radical (unpaired) electrons. The molecule has 0 spiro atoms. The highest BCUT2D eigenvalue weighted by atomic mass is 16.5. The van der Waals surface area contributed by atoms with E-state index in [1.54, 1.807) is 0 Å². The molecule has 2 aliphatic rings. The summed E-state index contributed by atoms with van der Waals surface area (Å²) in [6.07, 6.45) is 3.26. The number of carbonyl (C=O) groups is 2. The van der Waals surface area contributed by atoms with Gasteiger partial charge in [-0.15, -0.1) is 0 Å². The third kappa shape index (κ3) is 3.21. The molecule has 1 aromatic carbocycles. The quantitative estimate of drug-likeness (QED) is 0.694. The smallest absolute Gasteiger partial charge is 0.341 e. The van der Waals surface area contributed by atoms with Crippen LogP contribution in [0.25, 0.3) is 11.3 Å². The van der Waals surface area contributed by atoms with E-state index >= 15 is 0 Å². The van der Waals surface area contributed by atoms with Gasteiger partial charge in [0.05, 0.1) is 19.8 Å². The van der Waals surface area contributed by atoms with Gasteiger partial charge in [0.15, 0.2) is 0 Å². The van der Waals surface area contributed by atoms with E-state index in [-0.39, 0.29) is 16.8 Å². The van der Waals surface area contributed by atoms with E-state index in [2.05, 4.69) is 10.2 Å². The number of hydrogen-bond donors (Lipinski definition) is 1. The fraction of sp³-hybridized carbons (Fsp3) is 0.222. The van der Waals surface area contributed by atoms with E-state index in [1.807, 2.05) is 30.3 Å². The number of nitrogens with one attached hydrogen (secondary N) is 1. The van der Waals surface area contributed by atoms with Gasteiger partial charge in [-0.2, -0.15) is 5.10 Å². The second-order valence-corrected chi connectivity index (χ2v) is 5.65. The van der Waals surface area contributed by atoms with Gasteiger partial charge in [0.1, 0.15) is 17.3 Å². The predicted molar refractivity (Wildman–Crippen MR) is 92.0 cm³/mol. The van der Waals surface area contributed by atoms with Crippen LogP contribution in [0.15, 0.2) is 47.5 Å². The zero-order valence-electron chi connectivity index (χ0n) is 14.3. The standard InChI is InChI=1S/C18H17N3O5/c1-25-17(23)13-10-21(9-12-15(13)19-20-16(12)22)14(18(24)26-2)8-11-6-4-3-5-7-11/h3-7,9-10,14H,8H2,1-2H3,(H,20,22)/t14-/m0/s1. The van der Waals surface area contributed by atoms with Crippen LogP contribution in [0, 0.1) is 0 Å². The second kappa shape index (κ2) is 7.22. The van der Waals surface area contributed by atoms with Gasteiger partial charge >= 0.3 is 11.9 Å². The largest absolute Gasteiger partial charge is 0.467 e. The summed E-state index contributed by atoms with van der Waals surface area (Å²) >= 11 is 0. The van der Waals surface area contributed by atoms with E-state index in [4.69, 9.17) is 9.47 Å². The minimum absolute atomic E-state index is 0.0883. The van der Waals surface area contributed by atoms with Crippen molar-refractivity contribution in [2.75, 3.05) is 14.2 Å². The molecule has 1 N–H and O–H groups in total. The lowest BCUT2D eigenvalue weighted by atomic mass is 10.0. The summed E-state index contributed by atoms with van der Waals surface area (Å²) in [5.74, 6) is -1.15. The number of rotatable bonds is 5. The third-order valence-corrected chi connectivity index (χ3v) is 4.09. The molecule has 0 aromatic heterocycles. The Labute approximate surface area is 148 Å². The average Bonchev–Trinajstić information content (AvgIpc) is 3.06. The number of pyridine rings is 1. The molecule has 0 aliphatic carbocycles. The molecule has 8 nitrogen and oxygen atoms in total. The Morgan fingerprint density at radius 2 is 1.88 bits per heavy atom. The summed E-state index contributed by atoms with van der Waals surface area (Å²) in [6, 6.07) is 8.61. The van der Waals surface area contributed by atoms with E-state index in [0.29, 0.717) is 6.42 Å². The number of benzene rings is 1. The topological polar surface area (TPSA) is 103 Å². The molecule has 2 heterocycles. The Kier molecular flexibility index (Phi) is 4.83. The van der Waals surface area contributed by atoms with Crippen molar-refractivity contribution in [3.8, 4) is 11.3 Å². The van der Waals surface area contributed by atoms with Crippen LogP contribution in [-0.2, 0) is 20.7 Å². The van der Waals surface area contributed by atoms with Crippen molar-refractivity contribution < 1.29 is 19.1 Å². The maximum absolute atomic E-state index is 12.4. The Bertz CT molecular complexity index is 961. The summed E-state index contributed by atoms with van der Waals surface area (Å²) in [5, 5.41) is 6.18. The highest BCUT2D eigenvalue weighted by Gasteiger charge is 2.27. The van der Waals surface area contributed by atoms with Crippen molar-refractivity contribution >= 4 is 11.9 Å². The molecule has 0 bridgehead atoms. The number of fused-ring (bicyclic) bond motifs is 1. The fourth-order valence-electron chi connectivity index (χ4n) is 2.78. The van der Waals surface area contributed by atoms with Crippen molar-refractivity contribution in [1.82, 2.24) is 14.8 Å². The van der Waals surface area contributed by atoms with Crippen LogP contribution in [0.3, 0.4) is 0 Å². The van der Waals surface area contributed by atoms with E-state index < -0.39 is 23.5 Å². The number of aromatic nitrogens is 3. The SMILES string of the molecule is COC(=O)c1cn([C@@H](Cc2ccccc2)C(=O)OC)cc2c(=O)[nH]nc1-2. The zero-order chi connectivity index (χ0) is 18.7. The first-order valence-corrected chi connectivity index (χ1v) is 7.85.